The molecule has 0 aliphatic heterocycles. The van der Waals surface area contributed by atoms with Gasteiger partial charge in [0.25, 0.3) is 10.1 Å². The van der Waals surface area contributed by atoms with Crippen LogP contribution in [0.2, 0.25) is 5.02 Å². The van der Waals surface area contributed by atoms with Gasteiger partial charge in [0.2, 0.25) is 5.75 Å². The van der Waals surface area contributed by atoms with Gasteiger partial charge in [-0.2, -0.15) is 8.42 Å². The molecule has 2 rings (SSSR count). The maximum atomic E-state index is 11.3. The van der Waals surface area contributed by atoms with E-state index in [0.717, 1.165) is 12.1 Å². The quantitative estimate of drug-likeness (QED) is 0.524. The molecule has 0 radical (unpaired) electrons. The van der Waals surface area contributed by atoms with E-state index in [2.05, 4.69) is 0 Å². The van der Waals surface area contributed by atoms with Gasteiger partial charge >= 0.3 is 5.69 Å². The lowest BCUT2D eigenvalue weighted by Crippen LogP contribution is -2.02. The molecule has 2 aromatic carbocycles. The Morgan fingerprint density at radius 3 is 2.43 bits per heavy atom. The largest absolute Gasteiger partial charge is 0.447 e. The molecule has 0 amide bonds. The van der Waals surface area contributed by atoms with Gasteiger partial charge in [-0.25, -0.2) is 0 Å². The van der Waals surface area contributed by atoms with Gasteiger partial charge in [0.05, 0.1) is 9.95 Å². The fraction of sp³-hybridized carbons (Fsp3) is 0. The van der Waals surface area contributed by atoms with Crippen LogP contribution in [0.25, 0.3) is 0 Å². The summed E-state index contributed by atoms with van der Waals surface area (Å²) in [6.45, 7) is 0. The summed E-state index contributed by atoms with van der Waals surface area (Å²) in [5.41, 5.74) is -0.423. The van der Waals surface area contributed by atoms with Crippen molar-refractivity contribution in [1.82, 2.24) is 0 Å². The smallest absolute Gasteiger partial charge is 0.313 e. The SMILES string of the molecule is O=[N+]([O-])c1cccc(Cl)c1Oc1ccccc1S(=O)(=O)O. The topological polar surface area (TPSA) is 107 Å². The van der Waals surface area contributed by atoms with Crippen LogP contribution in [0, 0.1) is 10.1 Å². The number of nitro groups is 1. The summed E-state index contributed by atoms with van der Waals surface area (Å²) >= 11 is 5.85. The van der Waals surface area contributed by atoms with E-state index in [0.29, 0.717) is 0 Å². The highest BCUT2D eigenvalue weighted by Gasteiger charge is 2.22. The van der Waals surface area contributed by atoms with Gasteiger partial charge in [0.1, 0.15) is 10.6 Å². The maximum absolute atomic E-state index is 11.3. The molecule has 0 bridgehead atoms. The van der Waals surface area contributed by atoms with Crippen molar-refractivity contribution >= 4 is 27.4 Å². The minimum Gasteiger partial charge on any atom is -0.447 e. The number of ether oxygens (including phenoxy) is 1. The summed E-state index contributed by atoms with van der Waals surface area (Å²) in [5, 5.41) is 10.9. The molecule has 1 N–H and O–H groups in total. The number of nitrogens with zero attached hydrogens (tertiary/aromatic N) is 1. The summed E-state index contributed by atoms with van der Waals surface area (Å²) in [6.07, 6.45) is 0. The van der Waals surface area contributed by atoms with Crippen molar-refractivity contribution < 1.29 is 22.6 Å². The Morgan fingerprint density at radius 1 is 1.14 bits per heavy atom. The molecular formula is C12H8ClNO6S. The van der Waals surface area contributed by atoms with E-state index in [4.69, 9.17) is 20.9 Å². The third-order valence-corrected chi connectivity index (χ3v) is 3.67. The molecule has 0 aliphatic rings. The first kappa shape index (κ1) is 15.2. The number of hydrogen-bond donors (Lipinski definition) is 1. The molecular weight excluding hydrogens is 322 g/mol. The summed E-state index contributed by atoms with van der Waals surface area (Å²) < 4.78 is 36.9. The molecule has 0 aliphatic carbocycles. The Morgan fingerprint density at radius 2 is 1.81 bits per heavy atom. The van der Waals surface area contributed by atoms with E-state index < -0.39 is 25.6 Å². The zero-order chi connectivity index (χ0) is 15.6. The summed E-state index contributed by atoms with van der Waals surface area (Å²) in [7, 11) is -4.54. The fourth-order valence-electron chi connectivity index (χ4n) is 1.60. The zero-order valence-corrected chi connectivity index (χ0v) is 11.8. The Labute approximate surface area is 124 Å². The van der Waals surface area contributed by atoms with Crippen molar-refractivity contribution in [2.45, 2.75) is 4.90 Å². The molecule has 0 spiro atoms. The summed E-state index contributed by atoms with van der Waals surface area (Å²) in [5.74, 6) is -0.573. The first-order valence-corrected chi connectivity index (χ1v) is 7.30. The number of nitro benzene ring substituents is 1. The van der Waals surface area contributed by atoms with Gasteiger partial charge in [-0.1, -0.05) is 29.8 Å². The lowest BCUT2D eigenvalue weighted by Gasteiger charge is -2.10. The standard InChI is InChI=1S/C12H8ClNO6S/c13-8-4-3-5-9(14(15)16)12(8)20-10-6-1-2-7-11(10)21(17,18)19/h1-7H,(H,17,18,19). The summed E-state index contributed by atoms with van der Waals surface area (Å²) in [4.78, 5) is 9.72. The van der Waals surface area contributed by atoms with Crippen LogP contribution >= 0.6 is 11.6 Å². The molecule has 9 heteroatoms. The predicted octanol–water partition coefficient (Wildman–Crippen LogP) is 3.29. The van der Waals surface area contributed by atoms with Gasteiger partial charge in [-0.3, -0.25) is 14.7 Å². The monoisotopic (exact) mass is 329 g/mol. The molecule has 21 heavy (non-hydrogen) atoms. The van der Waals surface area contributed by atoms with Crippen LogP contribution in [0.3, 0.4) is 0 Å². The highest BCUT2D eigenvalue weighted by molar-refractivity contribution is 7.86. The maximum Gasteiger partial charge on any atom is 0.313 e. The van der Waals surface area contributed by atoms with Crippen LogP contribution in [0.5, 0.6) is 11.5 Å². The Kier molecular flexibility index (Phi) is 4.12. The normalized spacial score (nSPS) is 11.1. The van der Waals surface area contributed by atoms with Gasteiger partial charge in [0, 0.05) is 6.07 Å². The summed E-state index contributed by atoms with van der Waals surface area (Å²) in [6, 6.07) is 9.06. The molecule has 2 aromatic rings. The highest BCUT2D eigenvalue weighted by atomic mass is 35.5. The second kappa shape index (κ2) is 5.68. The van der Waals surface area contributed by atoms with Crippen molar-refractivity contribution in [2.75, 3.05) is 0 Å². The van der Waals surface area contributed by atoms with Crippen LogP contribution < -0.4 is 4.74 Å². The van der Waals surface area contributed by atoms with Gasteiger partial charge < -0.3 is 4.74 Å². The molecule has 0 atom stereocenters. The van der Waals surface area contributed by atoms with Crippen LogP contribution in [-0.4, -0.2) is 17.9 Å². The van der Waals surface area contributed by atoms with Crippen LogP contribution in [-0.2, 0) is 10.1 Å². The van der Waals surface area contributed by atoms with E-state index in [-0.39, 0.29) is 16.5 Å². The Balaban J connectivity index is 2.57. The molecule has 0 saturated carbocycles. The second-order valence-electron chi connectivity index (χ2n) is 3.87. The van der Waals surface area contributed by atoms with Crippen molar-refractivity contribution in [1.29, 1.82) is 0 Å². The van der Waals surface area contributed by atoms with Gasteiger partial charge in [0.15, 0.2) is 0 Å². The third-order valence-electron chi connectivity index (χ3n) is 2.48. The van der Waals surface area contributed by atoms with Crippen LogP contribution in [0.1, 0.15) is 0 Å². The molecule has 0 fully saturated rings. The molecule has 0 unspecified atom stereocenters. The zero-order valence-electron chi connectivity index (χ0n) is 10.3. The van der Waals surface area contributed by atoms with Crippen molar-refractivity contribution in [3.63, 3.8) is 0 Å². The first-order chi connectivity index (χ1) is 9.80. The Bertz CT molecular complexity index is 805. The molecule has 7 nitrogen and oxygen atoms in total. The minimum absolute atomic E-state index is 0.0608. The third kappa shape index (κ3) is 3.30. The van der Waals surface area contributed by atoms with E-state index in [1.807, 2.05) is 0 Å². The fourth-order valence-corrected chi connectivity index (χ4v) is 2.42. The van der Waals surface area contributed by atoms with Crippen LogP contribution in [0.15, 0.2) is 47.4 Å². The number of halogens is 1. The average molecular weight is 330 g/mol. The first-order valence-electron chi connectivity index (χ1n) is 5.48. The number of rotatable bonds is 4. The predicted molar refractivity (Wildman–Crippen MR) is 74.4 cm³/mol. The lowest BCUT2D eigenvalue weighted by molar-refractivity contribution is -0.385. The van der Waals surface area contributed by atoms with E-state index >= 15 is 0 Å². The molecule has 0 saturated heterocycles. The minimum atomic E-state index is -4.54. The number of hydrogen-bond acceptors (Lipinski definition) is 5. The van der Waals surface area contributed by atoms with E-state index in [9.17, 15) is 18.5 Å². The van der Waals surface area contributed by atoms with Gasteiger partial charge in [-0.05, 0) is 18.2 Å². The van der Waals surface area contributed by atoms with Crippen molar-refractivity contribution in [2.24, 2.45) is 0 Å². The molecule has 110 valence electrons. The lowest BCUT2D eigenvalue weighted by atomic mass is 10.3. The molecule has 0 heterocycles. The van der Waals surface area contributed by atoms with Crippen molar-refractivity contribution in [3.05, 3.63) is 57.6 Å². The van der Waals surface area contributed by atoms with Crippen LogP contribution in [0.4, 0.5) is 5.69 Å². The van der Waals surface area contributed by atoms with E-state index in [1.54, 1.807) is 0 Å². The number of benzene rings is 2. The highest BCUT2D eigenvalue weighted by Crippen LogP contribution is 2.39. The molecule has 0 aromatic heterocycles. The van der Waals surface area contributed by atoms with Crippen molar-refractivity contribution in [3.8, 4) is 11.5 Å². The second-order valence-corrected chi connectivity index (χ2v) is 5.67. The average Bonchev–Trinajstić information content (AvgIpc) is 2.40. The van der Waals surface area contributed by atoms with Gasteiger partial charge in [-0.15, -0.1) is 0 Å². The number of para-hydroxylation sites is 2. The Hall–Kier alpha value is -2.16. The van der Waals surface area contributed by atoms with E-state index in [1.165, 1.54) is 30.3 Å².